The van der Waals surface area contributed by atoms with Crippen LogP contribution in [0.1, 0.15) is 67.2 Å². The highest BCUT2D eigenvalue weighted by Crippen LogP contribution is 2.23. The van der Waals surface area contributed by atoms with Crippen molar-refractivity contribution in [1.29, 1.82) is 5.26 Å². The lowest BCUT2D eigenvalue weighted by Gasteiger charge is -2.38. The molecule has 1 fully saturated rings. The summed E-state index contributed by atoms with van der Waals surface area (Å²) in [6.07, 6.45) is 3.90. The van der Waals surface area contributed by atoms with Crippen LogP contribution in [-0.4, -0.2) is 41.8 Å². The Morgan fingerprint density at radius 1 is 1.35 bits per heavy atom. The van der Waals surface area contributed by atoms with Crippen LogP contribution in [0.15, 0.2) is 0 Å². The zero-order valence-corrected chi connectivity index (χ0v) is 15.6. The summed E-state index contributed by atoms with van der Waals surface area (Å²) in [6, 6.07) is 2.78. The number of hydrogen-bond donors (Lipinski definition) is 1. The van der Waals surface area contributed by atoms with Gasteiger partial charge in [0, 0.05) is 25.2 Å². The molecule has 1 rings (SSSR count). The van der Waals surface area contributed by atoms with Crippen molar-refractivity contribution < 1.29 is 9.53 Å². The molecule has 23 heavy (non-hydrogen) atoms. The minimum absolute atomic E-state index is 0.202. The quantitative estimate of drug-likeness (QED) is 0.838. The summed E-state index contributed by atoms with van der Waals surface area (Å²) in [5.74, 6) is 0. The highest BCUT2D eigenvalue weighted by molar-refractivity contribution is 5.68. The van der Waals surface area contributed by atoms with Crippen LogP contribution in [0.2, 0.25) is 0 Å². The van der Waals surface area contributed by atoms with Gasteiger partial charge in [0.25, 0.3) is 0 Å². The summed E-state index contributed by atoms with van der Waals surface area (Å²) >= 11 is 0. The molecule has 1 aliphatic heterocycles. The molecule has 1 saturated heterocycles. The Kier molecular flexibility index (Phi) is 6.88. The van der Waals surface area contributed by atoms with Crippen molar-refractivity contribution in [3.05, 3.63) is 0 Å². The van der Waals surface area contributed by atoms with Crippen molar-refractivity contribution in [2.75, 3.05) is 13.1 Å². The summed E-state index contributed by atoms with van der Waals surface area (Å²) < 4.78 is 5.54. The minimum Gasteiger partial charge on any atom is -0.444 e. The number of ether oxygens (including phenoxy) is 1. The Morgan fingerprint density at radius 3 is 2.57 bits per heavy atom. The predicted molar refractivity (Wildman–Crippen MR) is 92.1 cm³/mol. The molecular formula is C18H33N3O2. The van der Waals surface area contributed by atoms with E-state index in [9.17, 15) is 4.79 Å². The molecule has 0 radical (unpaired) electrons. The van der Waals surface area contributed by atoms with Crippen LogP contribution in [-0.2, 0) is 4.74 Å². The standard InChI is InChI=1S/C18H33N3O2/c1-14(20-13-18(5,6)12-19)11-15-9-7-8-10-21(15)16(22)23-17(2,3)4/h14-15,20H,7-11,13H2,1-6H3. The van der Waals surface area contributed by atoms with Crippen LogP contribution in [0, 0.1) is 16.7 Å². The maximum absolute atomic E-state index is 12.4. The van der Waals surface area contributed by atoms with E-state index in [1.807, 2.05) is 39.5 Å². The number of rotatable bonds is 5. The van der Waals surface area contributed by atoms with Crippen LogP contribution >= 0.6 is 0 Å². The average molecular weight is 323 g/mol. The number of carbonyl (C=O) groups is 1. The summed E-state index contributed by atoms with van der Waals surface area (Å²) in [4.78, 5) is 14.3. The third kappa shape index (κ3) is 7.22. The van der Waals surface area contributed by atoms with Crippen molar-refractivity contribution in [2.24, 2.45) is 5.41 Å². The molecule has 0 aromatic rings. The second-order valence-electron chi connectivity index (χ2n) is 8.34. The van der Waals surface area contributed by atoms with E-state index >= 15 is 0 Å². The van der Waals surface area contributed by atoms with Crippen LogP contribution in [0.5, 0.6) is 0 Å². The average Bonchev–Trinajstić information content (AvgIpc) is 2.44. The predicted octanol–water partition coefficient (Wildman–Crippen LogP) is 3.69. The zero-order valence-electron chi connectivity index (χ0n) is 15.6. The monoisotopic (exact) mass is 323 g/mol. The third-order valence-electron chi connectivity index (χ3n) is 4.08. The number of nitrogens with zero attached hydrogens (tertiary/aromatic N) is 2. The Balaban J connectivity index is 2.58. The van der Waals surface area contributed by atoms with Gasteiger partial charge in [0.2, 0.25) is 0 Å². The molecule has 0 aromatic heterocycles. The van der Waals surface area contributed by atoms with Gasteiger partial charge in [-0.25, -0.2) is 4.79 Å². The zero-order chi connectivity index (χ0) is 17.7. The highest BCUT2D eigenvalue weighted by atomic mass is 16.6. The molecule has 0 spiro atoms. The lowest BCUT2D eigenvalue weighted by atomic mass is 9.93. The molecule has 2 unspecified atom stereocenters. The second kappa shape index (κ2) is 8.01. The normalized spacial score (nSPS) is 20.7. The van der Waals surface area contributed by atoms with E-state index in [-0.39, 0.29) is 23.6 Å². The highest BCUT2D eigenvalue weighted by Gasteiger charge is 2.31. The largest absolute Gasteiger partial charge is 0.444 e. The number of amides is 1. The van der Waals surface area contributed by atoms with Crippen molar-refractivity contribution in [1.82, 2.24) is 10.2 Å². The number of likely N-dealkylation sites (tertiary alicyclic amines) is 1. The maximum atomic E-state index is 12.4. The molecule has 0 bridgehead atoms. The maximum Gasteiger partial charge on any atom is 0.410 e. The van der Waals surface area contributed by atoms with Crippen LogP contribution in [0.3, 0.4) is 0 Å². The van der Waals surface area contributed by atoms with Crippen molar-refractivity contribution >= 4 is 6.09 Å². The molecule has 0 aromatic carbocycles. The number of piperidine rings is 1. The number of hydrogen-bond acceptors (Lipinski definition) is 4. The third-order valence-corrected chi connectivity index (χ3v) is 4.08. The van der Waals surface area contributed by atoms with E-state index < -0.39 is 5.60 Å². The number of nitrogens with one attached hydrogen (secondary N) is 1. The van der Waals surface area contributed by atoms with Gasteiger partial charge in [-0.2, -0.15) is 5.26 Å². The Bertz CT molecular complexity index is 435. The molecule has 2 atom stereocenters. The first kappa shape index (κ1) is 19.8. The van der Waals surface area contributed by atoms with Crippen molar-refractivity contribution in [2.45, 2.75) is 84.9 Å². The first-order chi connectivity index (χ1) is 10.5. The molecular weight excluding hydrogens is 290 g/mol. The molecule has 1 aliphatic rings. The van der Waals surface area contributed by atoms with Crippen LogP contribution in [0.4, 0.5) is 4.79 Å². The van der Waals surface area contributed by atoms with Gasteiger partial charge in [-0.05, 0) is 67.2 Å². The van der Waals surface area contributed by atoms with Crippen LogP contribution < -0.4 is 5.32 Å². The van der Waals surface area contributed by atoms with E-state index in [0.29, 0.717) is 6.54 Å². The Hall–Kier alpha value is -1.28. The van der Waals surface area contributed by atoms with E-state index in [1.165, 1.54) is 0 Å². The minimum atomic E-state index is -0.459. The summed E-state index contributed by atoms with van der Waals surface area (Å²) in [5, 5.41) is 12.5. The summed E-state index contributed by atoms with van der Waals surface area (Å²) in [6.45, 7) is 13.1. The Labute approximate surface area is 141 Å². The van der Waals surface area contributed by atoms with E-state index in [2.05, 4.69) is 18.3 Å². The molecule has 0 saturated carbocycles. The number of nitriles is 1. The lowest BCUT2D eigenvalue weighted by molar-refractivity contribution is 0.00784. The first-order valence-corrected chi connectivity index (χ1v) is 8.68. The summed E-state index contributed by atoms with van der Waals surface area (Å²) in [7, 11) is 0. The van der Waals surface area contributed by atoms with Crippen molar-refractivity contribution in [3.63, 3.8) is 0 Å². The second-order valence-corrected chi connectivity index (χ2v) is 8.34. The first-order valence-electron chi connectivity index (χ1n) is 8.68. The van der Waals surface area contributed by atoms with Gasteiger partial charge in [-0.3, -0.25) is 0 Å². The number of carbonyl (C=O) groups excluding carboxylic acids is 1. The van der Waals surface area contributed by atoms with Crippen LogP contribution in [0.25, 0.3) is 0 Å². The Morgan fingerprint density at radius 2 is 2.00 bits per heavy atom. The van der Waals surface area contributed by atoms with Gasteiger partial charge in [0.15, 0.2) is 0 Å². The van der Waals surface area contributed by atoms with Gasteiger partial charge in [0.1, 0.15) is 5.60 Å². The summed E-state index contributed by atoms with van der Waals surface area (Å²) in [5.41, 5.74) is -0.828. The van der Waals surface area contributed by atoms with Gasteiger partial charge in [0.05, 0.1) is 11.5 Å². The molecule has 132 valence electrons. The SMILES string of the molecule is CC(CC1CCCCN1C(=O)OC(C)(C)C)NCC(C)(C)C#N. The molecule has 1 heterocycles. The van der Waals surface area contributed by atoms with E-state index in [4.69, 9.17) is 10.00 Å². The molecule has 5 nitrogen and oxygen atoms in total. The van der Waals surface area contributed by atoms with Gasteiger partial charge in [-0.15, -0.1) is 0 Å². The van der Waals surface area contributed by atoms with Crippen molar-refractivity contribution in [3.8, 4) is 6.07 Å². The molecule has 1 amide bonds. The fourth-order valence-corrected chi connectivity index (χ4v) is 2.77. The van der Waals surface area contributed by atoms with Gasteiger partial charge in [-0.1, -0.05) is 0 Å². The fourth-order valence-electron chi connectivity index (χ4n) is 2.77. The molecule has 5 heteroatoms. The lowest BCUT2D eigenvalue weighted by Crippen LogP contribution is -2.48. The molecule has 1 N–H and O–H groups in total. The van der Waals surface area contributed by atoms with Gasteiger partial charge < -0.3 is 15.0 Å². The topological polar surface area (TPSA) is 65.4 Å². The smallest absolute Gasteiger partial charge is 0.410 e. The molecule has 0 aliphatic carbocycles. The van der Waals surface area contributed by atoms with E-state index in [0.717, 1.165) is 32.2 Å². The van der Waals surface area contributed by atoms with Gasteiger partial charge >= 0.3 is 6.09 Å². The van der Waals surface area contributed by atoms with E-state index in [1.54, 1.807) is 0 Å². The fraction of sp³-hybridized carbons (Fsp3) is 0.889.